The molecule has 64 valence electrons. The van der Waals surface area contributed by atoms with Crippen molar-refractivity contribution < 1.29 is 4.79 Å². The summed E-state index contributed by atoms with van der Waals surface area (Å²) in [6.45, 7) is 8.74. The highest BCUT2D eigenvalue weighted by molar-refractivity contribution is 5.82. The number of rotatable bonds is 0. The van der Waals surface area contributed by atoms with Crippen molar-refractivity contribution in [3.63, 3.8) is 0 Å². The van der Waals surface area contributed by atoms with Crippen molar-refractivity contribution in [1.29, 1.82) is 0 Å². The van der Waals surface area contributed by atoms with Crippen molar-refractivity contribution in [2.45, 2.75) is 40.5 Å². The van der Waals surface area contributed by atoms with Gasteiger partial charge in [-0.2, -0.15) is 0 Å². The molecule has 2 atom stereocenters. The lowest BCUT2D eigenvalue weighted by Crippen LogP contribution is -2.38. The van der Waals surface area contributed by atoms with E-state index in [4.69, 9.17) is 0 Å². The van der Waals surface area contributed by atoms with E-state index in [2.05, 4.69) is 27.7 Å². The fourth-order valence-corrected chi connectivity index (χ4v) is 1.79. The lowest BCUT2D eigenvalue weighted by molar-refractivity contribution is -0.130. The molecule has 0 amide bonds. The summed E-state index contributed by atoms with van der Waals surface area (Å²) in [5.41, 5.74) is 0.218. The summed E-state index contributed by atoms with van der Waals surface area (Å²) in [4.78, 5) is 11.4. The summed E-state index contributed by atoms with van der Waals surface area (Å²) < 4.78 is 0. The second-order valence-electron chi connectivity index (χ2n) is 4.45. The van der Waals surface area contributed by atoms with Gasteiger partial charge in [-0.3, -0.25) is 4.79 Å². The van der Waals surface area contributed by atoms with Gasteiger partial charge in [-0.25, -0.2) is 0 Å². The minimum Gasteiger partial charge on any atom is -0.299 e. The van der Waals surface area contributed by atoms with E-state index >= 15 is 0 Å². The lowest BCUT2D eigenvalue weighted by atomic mass is 9.63. The fourth-order valence-electron chi connectivity index (χ4n) is 1.79. The first kappa shape index (κ1) is 8.76. The molecule has 0 radical (unpaired) electrons. The Balaban J connectivity index is 2.80. The van der Waals surface area contributed by atoms with Crippen molar-refractivity contribution in [1.82, 2.24) is 0 Å². The summed E-state index contributed by atoms with van der Waals surface area (Å²) in [5.74, 6) is 1.40. The van der Waals surface area contributed by atoms with Crippen LogP contribution in [-0.4, -0.2) is 5.78 Å². The fraction of sp³-hybridized carbons (Fsp3) is 0.900. The average molecular weight is 154 g/mol. The summed E-state index contributed by atoms with van der Waals surface area (Å²) in [5, 5.41) is 0. The summed E-state index contributed by atoms with van der Waals surface area (Å²) in [6.07, 6.45) is 1.88. The zero-order valence-corrected chi connectivity index (χ0v) is 7.98. The first-order valence-corrected chi connectivity index (χ1v) is 4.49. The molecule has 0 aromatic rings. The van der Waals surface area contributed by atoms with Gasteiger partial charge in [0.2, 0.25) is 0 Å². The molecule has 0 aliphatic heterocycles. The van der Waals surface area contributed by atoms with Crippen LogP contribution in [0.15, 0.2) is 0 Å². The molecule has 1 nitrogen and oxygen atoms in total. The van der Waals surface area contributed by atoms with Crippen molar-refractivity contribution in [2.75, 3.05) is 0 Å². The summed E-state index contributed by atoms with van der Waals surface area (Å²) >= 11 is 0. The number of carbonyl (C=O) groups is 1. The maximum absolute atomic E-state index is 11.4. The molecule has 0 N–H and O–H groups in total. The Morgan fingerprint density at radius 1 is 1.36 bits per heavy atom. The van der Waals surface area contributed by atoms with Crippen LogP contribution >= 0.6 is 0 Å². The smallest absolute Gasteiger partial charge is 0.136 e. The molecular weight excluding hydrogens is 136 g/mol. The zero-order chi connectivity index (χ0) is 8.65. The molecule has 1 fully saturated rings. The second kappa shape index (κ2) is 2.62. The molecule has 1 heteroatoms. The molecule has 0 heterocycles. The zero-order valence-electron chi connectivity index (χ0n) is 7.98. The molecule has 11 heavy (non-hydrogen) atoms. The second-order valence-corrected chi connectivity index (χ2v) is 4.45. The van der Waals surface area contributed by atoms with Crippen LogP contribution in [0.1, 0.15) is 40.5 Å². The minimum absolute atomic E-state index is 0.218. The van der Waals surface area contributed by atoms with E-state index in [9.17, 15) is 4.79 Å². The van der Waals surface area contributed by atoms with E-state index in [1.165, 1.54) is 0 Å². The van der Waals surface area contributed by atoms with E-state index in [1.54, 1.807) is 0 Å². The number of ketones is 1. The first-order valence-electron chi connectivity index (χ1n) is 4.49. The average Bonchev–Trinajstić information content (AvgIpc) is 1.95. The third-order valence-corrected chi connectivity index (χ3v) is 3.69. The van der Waals surface area contributed by atoms with Crippen LogP contribution in [0.5, 0.6) is 0 Å². The first-order chi connectivity index (χ1) is 4.96. The number of carbonyl (C=O) groups excluding carboxylic acids is 1. The van der Waals surface area contributed by atoms with Gasteiger partial charge < -0.3 is 0 Å². The molecule has 0 saturated heterocycles. The molecular formula is C10H18O. The normalized spacial score (nSPS) is 37.3. The highest BCUT2D eigenvalue weighted by Gasteiger charge is 2.39. The number of Topliss-reactive ketones (excluding diaryl/α,β-unsaturated/α-hetero) is 1. The van der Waals surface area contributed by atoms with Crippen LogP contribution < -0.4 is 0 Å². The Labute approximate surface area is 69.2 Å². The van der Waals surface area contributed by atoms with Crippen LogP contribution in [0.2, 0.25) is 0 Å². The Hall–Kier alpha value is -0.330. The maximum atomic E-state index is 11.4. The van der Waals surface area contributed by atoms with Gasteiger partial charge in [0, 0.05) is 12.3 Å². The van der Waals surface area contributed by atoms with Crippen LogP contribution in [0, 0.1) is 17.3 Å². The van der Waals surface area contributed by atoms with Gasteiger partial charge in [-0.05, 0) is 17.8 Å². The predicted octanol–water partition coefficient (Wildman–Crippen LogP) is 2.65. The number of hydrogen-bond acceptors (Lipinski definition) is 1. The van der Waals surface area contributed by atoms with E-state index in [1.807, 2.05) is 0 Å². The highest BCUT2D eigenvalue weighted by atomic mass is 16.1. The maximum Gasteiger partial charge on any atom is 0.136 e. The van der Waals surface area contributed by atoms with E-state index in [0.29, 0.717) is 11.7 Å². The Morgan fingerprint density at radius 3 is 2.36 bits per heavy atom. The Bertz CT molecular complexity index is 170. The molecule has 1 aliphatic rings. The Kier molecular flexibility index (Phi) is 2.08. The van der Waals surface area contributed by atoms with Gasteiger partial charge in [0.25, 0.3) is 0 Å². The van der Waals surface area contributed by atoms with Crippen LogP contribution in [0.25, 0.3) is 0 Å². The quantitative estimate of drug-likeness (QED) is 0.524. The third-order valence-electron chi connectivity index (χ3n) is 3.69. The van der Waals surface area contributed by atoms with E-state index < -0.39 is 0 Å². The highest BCUT2D eigenvalue weighted by Crippen LogP contribution is 2.42. The standard InChI is InChI=1S/C10H18O/c1-7-5-6-9(11)8(2)10(7,3)4/h7-8H,5-6H2,1-4H3. The number of hydrogen-bond donors (Lipinski definition) is 0. The van der Waals surface area contributed by atoms with Gasteiger partial charge in [-0.1, -0.05) is 27.7 Å². The predicted molar refractivity (Wildman–Crippen MR) is 46.4 cm³/mol. The SMILES string of the molecule is CC1CCC(=O)C(C)C1(C)C. The largest absolute Gasteiger partial charge is 0.299 e. The molecule has 1 saturated carbocycles. The van der Waals surface area contributed by atoms with Crippen molar-refractivity contribution in [3.05, 3.63) is 0 Å². The van der Waals surface area contributed by atoms with Crippen molar-refractivity contribution >= 4 is 5.78 Å². The van der Waals surface area contributed by atoms with Gasteiger partial charge in [0.1, 0.15) is 5.78 Å². The van der Waals surface area contributed by atoms with Crippen LogP contribution in [-0.2, 0) is 4.79 Å². The van der Waals surface area contributed by atoms with Gasteiger partial charge in [0.05, 0.1) is 0 Å². The molecule has 1 rings (SSSR count). The Morgan fingerprint density at radius 2 is 1.91 bits per heavy atom. The molecule has 0 aromatic heterocycles. The molecule has 2 unspecified atom stereocenters. The van der Waals surface area contributed by atoms with Gasteiger partial charge in [-0.15, -0.1) is 0 Å². The van der Waals surface area contributed by atoms with E-state index in [-0.39, 0.29) is 11.3 Å². The minimum atomic E-state index is 0.218. The van der Waals surface area contributed by atoms with E-state index in [0.717, 1.165) is 12.8 Å². The van der Waals surface area contributed by atoms with Crippen LogP contribution in [0.3, 0.4) is 0 Å². The van der Waals surface area contributed by atoms with Gasteiger partial charge in [0.15, 0.2) is 0 Å². The molecule has 0 aromatic carbocycles. The summed E-state index contributed by atoms with van der Waals surface area (Å²) in [6, 6.07) is 0. The lowest BCUT2D eigenvalue weighted by Gasteiger charge is -2.40. The molecule has 0 spiro atoms. The van der Waals surface area contributed by atoms with Crippen LogP contribution in [0.4, 0.5) is 0 Å². The van der Waals surface area contributed by atoms with Gasteiger partial charge >= 0.3 is 0 Å². The van der Waals surface area contributed by atoms with Crippen molar-refractivity contribution in [2.24, 2.45) is 17.3 Å². The molecule has 1 aliphatic carbocycles. The van der Waals surface area contributed by atoms with Crippen molar-refractivity contribution in [3.8, 4) is 0 Å². The summed E-state index contributed by atoms with van der Waals surface area (Å²) in [7, 11) is 0. The third kappa shape index (κ3) is 1.33. The monoisotopic (exact) mass is 154 g/mol. The topological polar surface area (TPSA) is 17.1 Å². The molecule has 0 bridgehead atoms.